The Kier molecular flexibility index (Phi) is 4.16. The van der Waals surface area contributed by atoms with E-state index >= 15 is 0 Å². The van der Waals surface area contributed by atoms with Gasteiger partial charge in [0.25, 0.3) is 5.91 Å². The van der Waals surface area contributed by atoms with Gasteiger partial charge in [0.1, 0.15) is 5.82 Å². The summed E-state index contributed by atoms with van der Waals surface area (Å²) in [5, 5.41) is 4.47. The van der Waals surface area contributed by atoms with Crippen LogP contribution in [0.5, 0.6) is 0 Å². The van der Waals surface area contributed by atoms with E-state index in [1.807, 2.05) is 13.8 Å². The third-order valence-electron chi connectivity index (χ3n) is 4.42. The lowest BCUT2D eigenvalue weighted by Crippen LogP contribution is -2.48. The fourth-order valence-corrected chi connectivity index (χ4v) is 3.34. The van der Waals surface area contributed by atoms with E-state index in [0.717, 1.165) is 11.3 Å². The highest BCUT2D eigenvalue weighted by molar-refractivity contribution is 5.93. The minimum Gasteiger partial charge on any atom is -0.372 e. The molecule has 0 saturated carbocycles. The van der Waals surface area contributed by atoms with Crippen LogP contribution >= 0.6 is 0 Å². The minimum atomic E-state index is -0.300. The summed E-state index contributed by atoms with van der Waals surface area (Å²) in [6, 6.07) is 9.62. The molecular formula is C19H19FN4O2. The van der Waals surface area contributed by atoms with Crippen molar-refractivity contribution in [3.05, 3.63) is 54.1 Å². The number of aromatic nitrogens is 3. The number of benzene rings is 1. The molecule has 0 unspecified atom stereocenters. The first kappa shape index (κ1) is 16.7. The quantitative estimate of drug-likeness (QED) is 0.710. The number of morpholine rings is 1. The maximum absolute atomic E-state index is 13.2. The Morgan fingerprint density at radius 2 is 1.85 bits per heavy atom. The highest BCUT2D eigenvalue weighted by Gasteiger charge is 2.28. The van der Waals surface area contributed by atoms with E-state index in [2.05, 4.69) is 10.1 Å². The van der Waals surface area contributed by atoms with Gasteiger partial charge in [0, 0.05) is 30.9 Å². The van der Waals surface area contributed by atoms with Crippen LogP contribution in [0.25, 0.3) is 16.9 Å². The molecule has 1 aliphatic rings. The van der Waals surface area contributed by atoms with Crippen molar-refractivity contribution in [2.75, 3.05) is 13.1 Å². The van der Waals surface area contributed by atoms with Crippen molar-refractivity contribution in [1.82, 2.24) is 19.5 Å². The van der Waals surface area contributed by atoms with Crippen molar-refractivity contribution in [3.8, 4) is 11.3 Å². The molecule has 26 heavy (non-hydrogen) atoms. The summed E-state index contributed by atoms with van der Waals surface area (Å²) >= 11 is 0. The first-order chi connectivity index (χ1) is 12.5. The first-order valence-electron chi connectivity index (χ1n) is 8.57. The molecule has 1 amide bonds. The number of halogens is 1. The average Bonchev–Trinajstić information content (AvgIpc) is 3.05. The smallest absolute Gasteiger partial charge is 0.274 e. The molecule has 4 rings (SSSR count). The van der Waals surface area contributed by atoms with E-state index in [4.69, 9.17) is 4.74 Å². The molecule has 0 bridgehead atoms. The number of fused-ring (bicyclic) bond motifs is 1. The maximum Gasteiger partial charge on any atom is 0.274 e. The second kappa shape index (κ2) is 6.49. The summed E-state index contributed by atoms with van der Waals surface area (Å²) in [6.07, 6.45) is 1.64. The van der Waals surface area contributed by atoms with E-state index in [1.54, 1.807) is 39.9 Å². The zero-order valence-corrected chi connectivity index (χ0v) is 14.6. The molecule has 3 heterocycles. The minimum absolute atomic E-state index is 0.00682. The second-order valence-electron chi connectivity index (χ2n) is 6.60. The largest absolute Gasteiger partial charge is 0.372 e. The molecule has 134 valence electrons. The molecule has 0 N–H and O–H groups in total. The summed E-state index contributed by atoms with van der Waals surface area (Å²) < 4.78 is 20.5. The van der Waals surface area contributed by atoms with Gasteiger partial charge in [0.15, 0.2) is 11.3 Å². The zero-order chi connectivity index (χ0) is 18.3. The van der Waals surface area contributed by atoms with Gasteiger partial charge in [-0.3, -0.25) is 4.79 Å². The highest BCUT2D eigenvalue weighted by atomic mass is 19.1. The number of hydrogen-bond donors (Lipinski definition) is 0. The summed E-state index contributed by atoms with van der Waals surface area (Å²) in [7, 11) is 0. The van der Waals surface area contributed by atoms with Crippen molar-refractivity contribution in [2.45, 2.75) is 26.1 Å². The first-order valence-corrected chi connectivity index (χ1v) is 8.57. The Morgan fingerprint density at radius 1 is 1.15 bits per heavy atom. The summed E-state index contributed by atoms with van der Waals surface area (Å²) in [6.45, 7) is 4.98. The number of hydrogen-bond acceptors (Lipinski definition) is 4. The molecule has 1 saturated heterocycles. The second-order valence-corrected chi connectivity index (χ2v) is 6.60. The van der Waals surface area contributed by atoms with Gasteiger partial charge >= 0.3 is 0 Å². The van der Waals surface area contributed by atoms with Crippen LogP contribution in [0.3, 0.4) is 0 Å². The van der Waals surface area contributed by atoms with E-state index in [9.17, 15) is 9.18 Å². The molecule has 1 fully saturated rings. The van der Waals surface area contributed by atoms with Crippen molar-refractivity contribution in [1.29, 1.82) is 0 Å². The van der Waals surface area contributed by atoms with Gasteiger partial charge in [0.05, 0.1) is 17.9 Å². The van der Waals surface area contributed by atoms with Crippen LogP contribution in [-0.4, -0.2) is 50.7 Å². The Balaban J connectivity index is 1.70. The average molecular weight is 354 g/mol. The third-order valence-corrected chi connectivity index (χ3v) is 4.42. The highest BCUT2D eigenvalue weighted by Crippen LogP contribution is 2.21. The molecule has 0 aliphatic carbocycles. The van der Waals surface area contributed by atoms with Crippen molar-refractivity contribution in [2.24, 2.45) is 0 Å². The van der Waals surface area contributed by atoms with Gasteiger partial charge in [-0.25, -0.2) is 13.9 Å². The Hall–Kier alpha value is -2.80. The Labute approximate surface area is 150 Å². The van der Waals surface area contributed by atoms with E-state index in [-0.39, 0.29) is 23.9 Å². The van der Waals surface area contributed by atoms with Gasteiger partial charge in [0.2, 0.25) is 0 Å². The monoisotopic (exact) mass is 354 g/mol. The molecule has 2 atom stereocenters. The fraction of sp³-hybridized carbons (Fsp3) is 0.316. The van der Waals surface area contributed by atoms with Gasteiger partial charge in [-0.2, -0.15) is 5.10 Å². The SMILES string of the molecule is C[C@H]1CN(C(=O)c2cc3nccc(-c4ccc(F)cc4)n3n2)C[C@H](C)O1. The van der Waals surface area contributed by atoms with E-state index in [0.29, 0.717) is 24.4 Å². The van der Waals surface area contributed by atoms with Crippen LogP contribution in [0.1, 0.15) is 24.3 Å². The van der Waals surface area contributed by atoms with Crippen molar-refractivity contribution >= 4 is 11.6 Å². The number of ether oxygens (including phenoxy) is 1. The molecule has 7 heteroatoms. The lowest BCUT2D eigenvalue weighted by atomic mass is 10.1. The lowest BCUT2D eigenvalue weighted by molar-refractivity contribution is -0.0587. The molecule has 1 aromatic carbocycles. The van der Waals surface area contributed by atoms with E-state index in [1.165, 1.54) is 12.1 Å². The molecule has 6 nitrogen and oxygen atoms in total. The molecular weight excluding hydrogens is 335 g/mol. The molecule has 3 aromatic rings. The molecule has 2 aromatic heterocycles. The van der Waals surface area contributed by atoms with Gasteiger partial charge in [-0.1, -0.05) is 0 Å². The molecule has 0 spiro atoms. The van der Waals surface area contributed by atoms with Gasteiger partial charge in [-0.05, 0) is 44.2 Å². The normalized spacial score (nSPS) is 20.5. The zero-order valence-electron chi connectivity index (χ0n) is 14.6. The van der Waals surface area contributed by atoms with Crippen LogP contribution in [0.4, 0.5) is 4.39 Å². The number of nitrogens with zero attached hydrogens (tertiary/aromatic N) is 4. The lowest BCUT2D eigenvalue weighted by Gasteiger charge is -2.34. The standard InChI is InChI=1S/C19H19FN4O2/c1-12-10-23(11-13(2)26-12)19(25)16-9-18-21-8-7-17(24(18)22-16)14-3-5-15(20)6-4-14/h3-9,12-13H,10-11H2,1-2H3/t12-,13-/m0/s1. The topological polar surface area (TPSA) is 59.7 Å². The number of carbonyl (C=O) groups excluding carboxylic acids is 1. The number of carbonyl (C=O) groups is 1. The molecule has 0 radical (unpaired) electrons. The summed E-state index contributed by atoms with van der Waals surface area (Å²) in [5.74, 6) is -0.437. The predicted octanol–water partition coefficient (Wildman–Crippen LogP) is 2.78. The van der Waals surface area contributed by atoms with E-state index < -0.39 is 0 Å². The summed E-state index contributed by atoms with van der Waals surface area (Å²) in [5.41, 5.74) is 2.46. The Bertz CT molecular complexity index is 944. The predicted molar refractivity (Wildman–Crippen MR) is 94.3 cm³/mol. The third kappa shape index (κ3) is 3.06. The van der Waals surface area contributed by atoms with Crippen LogP contribution in [0.2, 0.25) is 0 Å². The Morgan fingerprint density at radius 3 is 2.54 bits per heavy atom. The molecule has 1 aliphatic heterocycles. The van der Waals surface area contributed by atoms with Crippen molar-refractivity contribution in [3.63, 3.8) is 0 Å². The van der Waals surface area contributed by atoms with Crippen LogP contribution in [0.15, 0.2) is 42.6 Å². The maximum atomic E-state index is 13.2. The fourth-order valence-electron chi connectivity index (χ4n) is 3.34. The van der Waals surface area contributed by atoms with Gasteiger partial charge in [-0.15, -0.1) is 0 Å². The number of amides is 1. The van der Waals surface area contributed by atoms with Crippen LogP contribution < -0.4 is 0 Å². The summed E-state index contributed by atoms with van der Waals surface area (Å²) in [4.78, 5) is 18.9. The van der Waals surface area contributed by atoms with Crippen molar-refractivity contribution < 1.29 is 13.9 Å². The van der Waals surface area contributed by atoms with Gasteiger partial charge < -0.3 is 9.64 Å². The number of rotatable bonds is 2. The van der Waals surface area contributed by atoms with Crippen LogP contribution in [0, 0.1) is 5.82 Å². The van der Waals surface area contributed by atoms with Crippen LogP contribution in [-0.2, 0) is 4.74 Å².